The summed E-state index contributed by atoms with van der Waals surface area (Å²) < 4.78 is 21.6. The average molecular weight is 480 g/mol. The molecule has 0 radical (unpaired) electrons. The lowest BCUT2D eigenvalue weighted by Crippen LogP contribution is -2.32. The van der Waals surface area contributed by atoms with Crippen molar-refractivity contribution in [1.82, 2.24) is 19.7 Å². The van der Waals surface area contributed by atoms with Crippen LogP contribution in [0.2, 0.25) is 0 Å². The fourth-order valence-corrected chi connectivity index (χ4v) is 5.24. The molecule has 1 aliphatic carbocycles. The molecule has 1 unspecified atom stereocenters. The Hall–Kier alpha value is -3.20. The monoisotopic (exact) mass is 479 g/mol. The highest BCUT2D eigenvalue weighted by Gasteiger charge is 2.37. The molecule has 0 saturated heterocycles. The molecule has 1 fully saturated rings. The first-order valence-electron chi connectivity index (χ1n) is 11.5. The number of carbonyl (C=O) groups excluding carboxylic acids is 1. The first-order valence-corrected chi connectivity index (χ1v) is 12.5. The van der Waals surface area contributed by atoms with Crippen LogP contribution in [0.4, 0.5) is 10.3 Å². The van der Waals surface area contributed by atoms with Crippen molar-refractivity contribution in [1.29, 1.82) is 0 Å². The SMILES string of the molecule is CC1=C(C(=O)OC2CCCCC2)C(c2ccccn2)n2nc(SCc3ccccc3F)nc2N1. The van der Waals surface area contributed by atoms with E-state index >= 15 is 0 Å². The molecule has 0 bridgehead atoms. The number of aromatic nitrogens is 4. The average Bonchev–Trinajstić information content (AvgIpc) is 3.26. The van der Waals surface area contributed by atoms with Gasteiger partial charge >= 0.3 is 5.97 Å². The second kappa shape index (κ2) is 9.97. The van der Waals surface area contributed by atoms with Gasteiger partial charge in [0.15, 0.2) is 0 Å². The van der Waals surface area contributed by atoms with Crippen LogP contribution in [0.25, 0.3) is 0 Å². The molecule has 2 aromatic heterocycles. The van der Waals surface area contributed by atoms with Crippen LogP contribution in [0.15, 0.2) is 65.1 Å². The van der Waals surface area contributed by atoms with Crippen molar-refractivity contribution >= 4 is 23.7 Å². The number of fused-ring (bicyclic) bond motifs is 1. The minimum atomic E-state index is -0.566. The van der Waals surface area contributed by atoms with Crippen molar-refractivity contribution in [3.63, 3.8) is 0 Å². The summed E-state index contributed by atoms with van der Waals surface area (Å²) in [5, 5.41) is 8.37. The van der Waals surface area contributed by atoms with Crippen LogP contribution in [0.1, 0.15) is 56.3 Å². The van der Waals surface area contributed by atoms with Gasteiger partial charge in [-0.3, -0.25) is 4.98 Å². The fourth-order valence-electron chi connectivity index (χ4n) is 4.42. The normalized spacial score (nSPS) is 18.4. The van der Waals surface area contributed by atoms with E-state index in [1.54, 1.807) is 29.1 Å². The molecule has 5 rings (SSSR count). The summed E-state index contributed by atoms with van der Waals surface area (Å²) in [5.74, 6) is 0.300. The topological polar surface area (TPSA) is 81.9 Å². The molecular formula is C25H26FN5O2S. The number of hydrogen-bond acceptors (Lipinski definition) is 7. The number of anilines is 1. The van der Waals surface area contributed by atoms with E-state index in [0.717, 1.165) is 25.7 Å². The second-order valence-corrected chi connectivity index (χ2v) is 9.47. The standard InChI is InChI=1S/C25H26FN5O2S/c1-16-21(23(32)33-18-10-3-2-4-11-18)22(20-13-7-8-14-27-20)31-24(28-16)29-25(30-31)34-15-17-9-5-6-12-19(17)26/h5-9,12-14,18,22H,2-4,10-11,15H2,1H3,(H,28,29,30). The van der Waals surface area contributed by atoms with Gasteiger partial charge in [0.05, 0.1) is 11.3 Å². The van der Waals surface area contributed by atoms with E-state index in [4.69, 9.17) is 4.74 Å². The van der Waals surface area contributed by atoms with Gasteiger partial charge in [0.25, 0.3) is 0 Å². The van der Waals surface area contributed by atoms with Crippen molar-refractivity contribution in [2.45, 2.75) is 62.1 Å². The lowest BCUT2D eigenvalue weighted by molar-refractivity contribution is -0.146. The largest absolute Gasteiger partial charge is 0.459 e. The summed E-state index contributed by atoms with van der Waals surface area (Å²) in [6.07, 6.45) is 6.76. The lowest BCUT2D eigenvalue weighted by atomic mass is 9.96. The van der Waals surface area contributed by atoms with E-state index in [9.17, 15) is 9.18 Å². The molecule has 3 heterocycles. The molecule has 9 heteroatoms. The highest BCUT2D eigenvalue weighted by atomic mass is 32.2. The highest BCUT2D eigenvalue weighted by molar-refractivity contribution is 7.98. The van der Waals surface area contributed by atoms with Gasteiger partial charge < -0.3 is 10.1 Å². The Labute approximate surface area is 201 Å². The molecule has 2 aliphatic rings. The zero-order chi connectivity index (χ0) is 23.5. The van der Waals surface area contributed by atoms with Crippen molar-refractivity contribution in [3.8, 4) is 0 Å². The quantitative estimate of drug-likeness (QED) is 0.381. The number of esters is 1. The number of nitrogens with zero attached hydrogens (tertiary/aromatic N) is 4. The Morgan fingerprint density at radius 1 is 1.18 bits per heavy atom. The highest BCUT2D eigenvalue weighted by Crippen LogP contribution is 2.37. The predicted molar refractivity (Wildman–Crippen MR) is 128 cm³/mol. The molecule has 1 atom stereocenters. The zero-order valence-electron chi connectivity index (χ0n) is 18.9. The molecule has 34 heavy (non-hydrogen) atoms. The van der Waals surface area contributed by atoms with Gasteiger partial charge in [-0.25, -0.2) is 13.9 Å². The number of benzene rings is 1. The van der Waals surface area contributed by atoms with Crippen LogP contribution < -0.4 is 5.32 Å². The fraction of sp³-hybridized carbons (Fsp3) is 0.360. The number of hydrogen-bond donors (Lipinski definition) is 1. The first kappa shape index (κ1) is 22.6. The van der Waals surface area contributed by atoms with Gasteiger partial charge in [-0.05, 0) is 56.4 Å². The summed E-state index contributed by atoms with van der Waals surface area (Å²) >= 11 is 1.34. The summed E-state index contributed by atoms with van der Waals surface area (Å²) in [4.78, 5) is 22.5. The Morgan fingerprint density at radius 3 is 2.74 bits per heavy atom. The second-order valence-electron chi connectivity index (χ2n) is 8.53. The molecule has 1 aliphatic heterocycles. The number of pyridine rings is 1. The van der Waals surface area contributed by atoms with Crippen LogP contribution in [0.3, 0.4) is 0 Å². The number of carbonyl (C=O) groups is 1. The summed E-state index contributed by atoms with van der Waals surface area (Å²) in [6.45, 7) is 1.84. The van der Waals surface area contributed by atoms with E-state index < -0.39 is 6.04 Å². The summed E-state index contributed by atoms with van der Waals surface area (Å²) in [7, 11) is 0. The van der Waals surface area contributed by atoms with Gasteiger partial charge in [-0.15, -0.1) is 5.10 Å². The summed E-state index contributed by atoms with van der Waals surface area (Å²) in [6, 6.07) is 11.7. The molecular weight excluding hydrogens is 453 g/mol. The summed E-state index contributed by atoms with van der Waals surface area (Å²) in [5.41, 5.74) is 2.41. The maximum absolute atomic E-state index is 14.0. The molecule has 3 aromatic rings. The van der Waals surface area contributed by atoms with E-state index in [2.05, 4.69) is 20.4 Å². The number of thioether (sulfide) groups is 1. The van der Waals surface area contributed by atoms with Crippen molar-refractivity contribution in [2.24, 2.45) is 0 Å². The third kappa shape index (κ3) is 4.70. The van der Waals surface area contributed by atoms with Gasteiger partial charge in [-0.1, -0.05) is 42.4 Å². The van der Waals surface area contributed by atoms with Crippen molar-refractivity contribution in [2.75, 3.05) is 5.32 Å². The van der Waals surface area contributed by atoms with E-state index in [0.29, 0.717) is 39.4 Å². The molecule has 1 aromatic carbocycles. The van der Waals surface area contributed by atoms with Crippen LogP contribution in [0.5, 0.6) is 0 Å². The minimum absolute atomic E-state index is 0.0602. The third-order valence-corrected chi connectivity index (χ3v) is 7.05. The molecule has 1 N–H and O–H groups in total. The van der Waals surface area contributed by atoms with E-state index in [1.807, 2.05) is 25.1 Å². The molecule has 7 nitrogen and oxygen atoms in total. The van der Waals surface area contributed by atoms with Crippen molar-refractivity contribution in [3.05, 3.63) is 77.0 Å². The maximum atomic E-state index is 14.0. The number of rotatable bonds is 6. The van der Waals surface area contributed by atoms with Crippen LogP contribution in [-0.4, -0.2) is 31.8 Å². The first-order chi connectivity index (χ1) is 16.6. The minimum Gasteiger partial charge on any atom is -0.459 e. The smallest absolute Gasteiger partial charge is 0.338 e. The Bertz CT molecular complexity index is 1210. The van der Waals surface area contributed by atoms with Crippen LogP contribution in [0, 0.1) is 5.82 Å². The Morgan fingerprint density at radius 2 is 1.97 bits per heavy atom. The Balaban J connectivity index is 1.44. The van der Waals surface area contributed by atoms with Crippen LogP contribution >= 0.6 is 11.8 Å². The van der Waals surface area contributed by atoms with Gasteiger partial charge in [-0.2, -0.15) is 4.98 Å². The van der Waals surface area contributed by atoms with Gasteiger partial charge in [0.1, 0.15) is 18.0 Å². The molecule has 176 valence electrons. The molecule has 1 saturated carbocycles. The van der Waals surface area contributed by atoms with E-state index in [1.165, 1.54) is 24.2 Å². The van der Waals surface area contributed by atoms with Crippen molar-refractivity contribution < 1.29 is 13.9 Å². The predicted octanol–water partition coefficient (Wildman–Crippen LogP) is 5.27. The molecule has 0 spiro atoms. The third-order valence-electron chi connectivity index (χ3n) is 6.16. The maximum Gasteiger partial charge on any atom is 0.338 e. The van der Waals surface area contributed by atoms with Gasteiger partial charge in [0.2, 0.25) is 11.1 Å². The van der Waals surface area contributed by atoms with Gasteiger partial charge in [0, 0.05) is 17.6 Å². The number of ether oxygens (including phenoxy) is 1. The number of halogens is 1. The van der Waals surface area contributed by atoms with E-state index in [-0.39, 0.29) is 17.9 Å². The zero-order valence-corrected chi connectivity index (χ0v) is 19.7. The molecule has 0 amide bonds. The number of allylic oxidation sites excluding steroid dienone is 1. The lowest BCUT2D eigenvalue weighted by Gasteiger charge is -2.29. The number of nitrogens with one attached hydrogen (secondary N) is 1. The van der Waals surface area contributed by atoms with Crippen LogP contribution in [-0.2, 0) is 15.3 Å². The Kier molecular flexibility index (Phi) is 6.62.